The van der Waals surface area contributed by atoms with Crippen LogP contribution in [0, 0.1) is 0 Å². The Kier molecular flexibility index (Phi) is 40.9. The van der Waals surface area contributed by atoms with Gasteiger partial charge in [0.05, 0.1) is 0 Å². The zero-order valence-electron chi connectivity index (χ0n) is 18.9. The Morgan fingerprint density at radius 3 is 1.08 bits per heavy atom. The quantitative estimate of drug-likeness (QED) is 0.544. The molecular formula is C19H52N6. The van der Waals surface area contributed by atoms with Crippen LogP contribution in [0.3, 0.4) is 0 Å². The first-order valence-electron chi connectivity index (χ1n) is 9.92. The lowest BCUT2D eigenvalue weighted by molar-refractivity contribution is 0.302. The second-order valence-electron chi connectivity index (χ2n) is 6.30. The lowest BCUT2D eigenvalue weighted by Gasteiger charge is -2.16. The lowest BCUT2D eigenvalue weighted by atomic mass is 10.4. The Labute approximate surface area is 160 Å². The van der Waals surface area contributed by atoms with Crippen molar-refractivity contribution in [1.29, 1.82) is 0 Å². The summed E-state index contributed by atoms with van der Waals surface area (Å²) in [5, 5.41) is 0. The average Bonchev–Trinajstić information content (AvgIpc) is 2.62. The summed E-state index contributed by atoms with van der Waals surface area (Å²) in [7, 11) is 8.21. The highest BCUT2D eigenvalue weighted by atomic mass is 15.1. The first-order valence-corrected chi connectivity index (χ1v) is 9.92. The molecule has 0 aliphatic rings. The molecule has 0 amide bonds. The largest absolute Gasteiger partial charge is 0.330 e. The normalized spacial score (nSPS) is 9.84. The van der Waals surface area contributed by atoms with Gasteiger partial charge in [0.15, 0.2) is 0 Å². The van der Waals surface area contributed by atoms with Gasteiger partial charge in [-0.1, -0.05) is 27.7 Å². The predicted octanol–water partition coefficient (Wildman–Crippen LogP) is 1.50. The minimum absolute atomic E-state index is 0.804. The zero-order valence-corrected chi connectivity index (χ0v) is 18.9. The highest BCUT2D eigenvalue weighted by molar-refractivity contribution is 4.51. The van der Waals surface area contributed by atoms with Gasteiger partial charge in [-0.25, -0.2) is 0 Å². The van der Waals surface area contributed by atoms with Gasteiger partial charge >= 0.3 is 0 Å². The first-order chi connectivity index (χ1) is 11.8. The van der Waals surface area contributed by atoms with E-state index in [1.54, 1.807) is 0 Å². The molecule has 0 spiro atoms. The molecule has 158 valence electrons. The van der Waals surface area contributed by atoms with Gasteiger partial charge in [-0.3, -0.25) is 0 Å². The van der Waals surface area contributed by atoms with Gasteiger partial charge in [0.25, 0.3) is 0 Å². The van der Waals surface area contributed by atoms with Gasteiger partial charge in [-0.2, -0.15) is 0 Å². The molecule has 6 nitrogen and oxygen atoms in total. The molecule has 6 N–H and O–H groups in total. The molecule has 0 radical (unpaired) electrons. The topological polar surface area (TPSA) is 87.8 Å². The van der Waals surface area contributed by atoms with Gasteiger partial charge in [0.1, 0.15) is 0 Å². The molecule has 0 aromatic carbocycles. The highest BCUT2D eigenvalue weighted by Crippen LogP contribution is 1.87. The Bertz CT molecular complexity index is 183. The number of rotatable bonds is 10. The molecule has 0 aromatic heterocycles. The number of nitrogens with zero attached hydrogens (tertiary/aromatic N) is 3. The fourth-order valence-electron chi connectivity index (χ4n) is 1.26. The van der Waals surface area contributed by atoms with Crippen LogP contribution < -0.4 is 17.2 Å². The van der Waals surface area contributed by atoms with E-state index >= 15 is 0 Å². The smallest absolute Gasteiger partial charge is 0.000695 e. The van der Waals surface area contributed by atoms with E-state index in [9.17, 15) is 0 Å². The summed E-state index contributed by atoms with van der Waals surface area (Å²) in [4.78, 5) is 6.64. The summed E-state index contributed by atoms with van der Waals surface area (Å²) in [5.41, 5.74) is 15.6. The number of nitrogens with two attached hydrogens (primary N) is 3. The van der Waals surface area contributed by atoms with Crippen LogP contribution in [0.1, 0.15) is 47.0 Å². The molecule has 0 bridgehead atoms. The molecule has 0 saturated heterocycles. The third kappa shape index (κ3) is 51.6. The predicted molar refractivity (Wildman–Crippen MR) is 117 cm³/mol. The highest BCUT2D eigenvalue weighted by Gasteiger charge is 1.94. The van der Waals surface area contributed by atoms with Gasteiger partial charge in [-0.05, 0) is 99.8 Å². The van der Waals surface area contributed by atoms with Crippen LogP contribution in [0.5, 0.6) is 0 Å². The van der Waals surface area contributed by atoms with E-state index in [2.05, 4.69) is 70.6 Å². The van der Waals surface area contributed by atoms with Crippen molar-refractivity contribution in [3.63, 3.8) is 0 Å². The Balaban J connectivity index is -0.000000123. The molecule has 0 heterocycles. The van der Waals surface area contributed by atoms with Crippen molar-refractivity contribution in [2.75, 3.05) is 80.5 Å². The molecule has 0 saturated carbocycles. The second-order valence-corrected chi connectivity index (χ2v) is 6.30. The van der Waals surface area contributed by atoms with Crippen molar-refractivity contribution in [2.24, 2.45) is 17.2 Å². The monoisotopic (exact) mass is 364 g/mol. The summed E-state index contributed by atoms with van der Waals surface area (Å²) in [6.45, 7) is 16.7. The standard InChI is InChI=1S/C7H18N2.C5H14N2.C4H11N.C3H9N/c1-3-9(4-2)7-5-6-8;1-7(2)5-3-4-6;1-4-5(2)3;1-2-3-4/h3-8H2,1-2H3;3-6H2,1-2H3;4H2,1-3H3;2-4H2,1H3. The molecule has 0 aromatic rings. The van der Waals surface area contributed by atoms with Gasteiger partial charge in [0, 0.05) is 0 Å². The van der Waals surface area contributed by atoms with Crippen molar-refractivity contribution in [3.05, 3.63) is 0 Å². The SMILES string of the molecule is CCCN.CCN(C)C.CCN(CC)CCCN.CN(C)CCCN. The van der Waals surface area contributed by atoms with Crippen LogP contribution in [0.25, 0.3) is 0 Å². The minimum Gasteiger partial charge on any atom is -0.330 e. The summed E-state index contributed by atoms with van der Waals surface area (Å²) >= 11 is 0. The van der Waals surface area contributed by atoms with Crippen LogP contribution in [0.4, 0.5) is 0 Å². The molecule has 0 atom stereocenters. The minimum atomic E-state index is 0.804. The molecule has 0 aliphatic heterocycles. The molecule has 25 heavy (non-hydrogen) atoms. The second kappa shape index (κ2) is 31.5. The van der Waals surface area contributed by atoms with Crippen LogP contribution in [-0.4, -0.2) is 95.2 Å². The van der Waals surface area contributed by atoms with E-state index in [4.69, 9.17) is 17.2 Å². The van der Waals surface area contributed by atoms with Crippen LogP contribution in [0.15, 0.2) is 0 Å². The molecule has 0 rings (SSSR count). The van der Waals surface area contributed by atoms with Crippen LogP contribution >= 0.6 is 0 Å². The maximum Gasteiger partial charge on any atom is -0.000695 e. The van der Waals surface area contributed by atoms with Gasteiger partial charge in [0.2, 0.25) is 0 Å². The summed E-state index contributed by atoms with van der Waals surface area (Å²) in [6.07, 6.45) is 3.33. The molecule has 0 aliphatic carbocycles. The van der Waals surface area contributed by atoms with Crippen LogP contribution in [-0.2, 0) is 0 Å². The van der Waals surface area contributed by atoms with Crippen molar-refractivity contribution in [1.82, 2.24) is 14.7 Å². The summed E-state index contributed by atoms with van der Waals surface area (Å²) in [6, 6.07) is 0. The molecule has 0 fully saturated rings. The van der Waals surface area contributed by atoms with E-state index in [0.29, 0.717) is 0 Å². The molecule has 0 unspecified atom stereocenters. The first kappa shape index (κ1) is 32.4. The maximum atomic E-state index is 5.36. The van der Waals surface area contributed by atoms with E-state index in [1.807, 2.05) is 0 Å². The van der Waals surface area contributed by atoms with E-state index < -0.39 is 0 Å². The van der Waals surface area contributed by atoms with Crippen molar-refractivity contribution in [3.8, 4) is 0 Å². The number of hydrogen-bond donors (Lipinski definition) is 3. The Morgan fingerprint density at radius 2 is 0.920 bits per heavy atom. The lowest BCUT2D eigenvalue weighted by Crippen LogP contribution is -2.25. The van der Waals surface area contributed by atoms with Gasteiger partial charge < -0.3 is 31.9 Å². The maximum absolute atomic E-state index is 5.36. The van der Waals surface area contributed by atoms with Crippen LogP contribution in [0.2, 0.25) is 0 Å². The molecular weight excluding hydrogens is 312 g/mol. The Hall–Kier alpha value is -0.240. The van der Waals surface area contributed by atoms with Crippen molar-refractivity contribution >= 4 is 0 Å². The van der Waals surface area contributed by atoms with E-state index in [1.165, 1.54) is 0 Å². The van der Waals surface area contributed by atoms with Crippen molar-refractivity contribution < 1.29 is 0 Å². The average molecular weight is 365 g/mol. The van der Waals surface area contributed by atoms with E-state index in [-0.39, 0.29) is 0 Å². The van der Waals surface area contributed by atoms with Crippen molar-refractivity contribution in [2.45, 2.75) is 47.0 Å². The summed E-state index contributed by atoms with van der Waals surface area (Å²) < 4.78 is 0. The Morgan fingerprint density at radius 1 is 0.560 bits per heavy atom. The summed E-state index contributed by atoms with van der Waals surface area (Å²) in [5.74, 6) is 0. The zero-order chi connectivity index (χ0) is 20.5. The molecule has 6 heteroatoms. The van der Waals surface area contributed by atoms with E-state index in [0.717, 1.165) is 71.6 Å². The third-order valence-electron chi connectivity index (χ3n) is 3.30. The fourth-order valence-corrected chi connectivity index (χ4v) is 1.26. The number of hydrogen-bond acceptors (Lipinski definition) is 6. The van der Waals surface area contributed by atoms with Gasteiger partial charge in [-0.15, -0.1) is 0 Å². The fraction of sp³-hybridized carbons (Fsp3) is 1.00. The third-order valence-corrected chi connectivity index (χ3v) is 3.30.